The molecule has 94 valence electrons. The summed E-state index contributed by atoms with van der Waals surface area (Å²) in [6.45, 7) is 0. The van der Waals surface area contributed by atoms with Crippen molar-refractivity contribution in [2.75, 3.05) is 0 Å². The second kappa shape index (κ2) is 5.70. The van der Waals surface area contributed by atoms with Gasteiger partial charge in [-0.3, -0.25) is 9.59 Å². The van der Waals surface area contributed by atoms with E-state index in [1.54, 1.807) is 0 Å². The average Bonchev–Trinajstić information content (AvgIpc) is 2.11. The number of halogens is 2. The molecule has 16 heavy (non-hydrogen) atoms. The molecule has 0 aromatic heterocycles. The Kier molecular flexibility index (Phi) is 5.24. The summed E-state index contributed by atoms with van der Waals surface area (Å²) >= 11 is 0. The van der Waals surface area contributed by atoms with Crippen molar-refractivity contribution in [3.05, 3.63) is 0 Å². The van der Waals surface area contributed by atoms with Gasteiger partial charge in [0.1, 0.15) is 6.04 Å². The number of hydrogen-bond donors (Lipinski definition) is 3. The number of carbonyl (C=O) groups excluding carboxylic acids is 1. The van der Waals surface area contributed by atoms with Gasteiger partial charge < -0.3 is 10.8 Å². The molecule has 0 aliphatic heterocycles. The van der Waals surface area contributed by atoms with Crippen LogP contribution in [-0.4, -0.2) is 37.2 Å². The maximum Gasteiger partial charge on any atom is 0.350 e. The van der Waals surface area contributed by atoms with Gasteiger partial charge in [0.25, 0.3) is 10.0 Å². The van der Waals surface area contributed by atoms with Crippen molar-refractivity contribution >= 4 is 21.9 Å². The van der Waals surface area contributed by atoms with E-state index in [0.29, 0.717) is 0 Å². The highest BCUT2D eigenvalue weighted by Gasteiger charge is 2.30. The molecule has 10 heteroatoms. The molecule has 0 fully saturated rings. The van der Waals surface area contributed by atoms with Gasteiger partial charge in [0, 0.05) is 6.42 Å². The van der Waals surface area contributed by atoms with Crippen molar-refractivity contribution in [3.63, 3.8) is 0 Å². The van der Waals surface area contributed by atoms with Crippen LogP contribution in [0.15, 0.2) is 0 Å². The van der Waals surface area contributed by atoms with Crippen molar-refractivity contribution < 1.29 is 31.9 Å². The monoisotopic (exact) mass is 260 g/mol. The van der Waals surface area contributed by atoms with E-state index in [1.165, 1.54) is 4.72 Å². The highest BCUT2D eigenvalue weighted by atomic mass is 32.2. The third-order valence-corrected chi connectivity index (χ3v) is 2.60. The van der Waals surface area contributed by atoms with E-state index in [0.717, 1.165) is 0 Å². The van der Waals surface area contributed by atoms with Crippen LogP contribution in [-0.2, 0) is 19.6 Å². The van der Waals surface area contributed by atoms with Crippen molar-refractivity contribution in [2.24, 2.45) is 5.73 Å². The second-order valence-electron chi connectivity index (χ2n) is 2.82. The number of aliphatic carboxylic acids is 1. The minimum atomic E-state index is -5.01. The van der Waals surface area contributed by atoms with Crippen LogP contribution < -0.4 is 10.5 Å². The van der Waals surface area contributed by atoms with Crippen LogP contribution in [0.5, 0.6) is 0 Å². The smallest absolute Gasteiger partial charge is 0.350 e. The Morgan fingerprint density at radius 2 is 1.88 bits per heavy atom. The largest absolute Gasteiger partial charge is 0.480 e. The molecule has 0 aliphatic rings. The summed E-state index contributed by atoms with van der Waals surface area (Å²) in [5.41, 5.74) is 4.71. The van der Waals surface area contributed by atoms with Crippen molar-refractivity contribution in [1.82, 2.24) is 4.72 Å². The zero-order valence-electron chi connectivity index (χ0n) is 7.89. The van der Waals surface area contributed by atoms with Gasteiger partial charge in [0.2, 0.25) is 5.91 Å². The lowest BCUT2D eigenvalue weighted by molar-refractivity contribution is -0.139. The van der Waals surface area contributed by atoms with Gasteiger partial charge in [-0.05, 0) is 6.42 Å². The molecule has 0 spiro atoms. The highest BCUT2D eigenvalue weighted by Crippen LogP contribution is 2.06. The first-order valence-electron chi connectivity index (χ1n) is 3.97. The Balaban J connectivity index is 4.58. The zero-order chi connectivity index (χ0) is 12.9. The van der Waals surface area contributed by atoms with Crippen molar-refractivity contribution in [3.8, 4) is 0 Å². The summed E-state index contributed by atoms with van der Waals surface area (Å²) in [4.78, 5) is 20.8. The van der Waals surface area contributed by atoms with Gasteiger partial charge in [-0.25, -0.2) is 8.42 Å². The lowest BCUT2D eigenvalue weighted by Crippen LogP contribution is -2.43. The van der Waals surface area contributed by atoms with Crippen LogP contribution in [0.2, 0.25) is 0 Å². The summed E-state index contributed by atoms with van der Waals surface area (Å²) in [6.07, 6.45) is -0.917. The fraction of sp³-hybridized carbons (Fsp3) is 0.667. The molecule has 0 radical (unpaired) electrons. The molecular formula is C6H10F2N2O5S. The molecule has 4 N–H and O–H groups in total. The van der Waals surface area contributed by atoms with E-state index in [2.05, 4.69) is 0 Å². The Morgan fingerprint density at radius 1 is 1.38 bits per heavy atom. The van der Waals surface area contributed by atoms with E-state index >= 15 is 0 Å². The van der Waals surface area contributed by atoms with E-state index in [4.69, 9.17) is 10.8 Å². The molecule has 1 amide bonds. The summed E-state index contributed by atoms with van der Waals surface area (Å²) in [5.74, 6) is -6.25. The number of hydrogen-bond acceptors (Lipinski definition) is 4. The minimum absolute atomic E-state index is 0.428. The summed E-state index contributed by atoms with van der Waals surface area (Å²) < 4.78 is 46.4. The topological polar surface area (TPSA) is 127 Å². The summed E-state index contributed by atoms with van der Waals surface area (Å²) in [6, 6.07) is -1.80. The quantitative estimate of drug-likeness (QED) is 0.532. The predicted octanol–water partition coefficient (Wildman–Crippen LogP) is -1.15. The molecular weight excluding hydrogens is 250 g/mol. The van der Waals surface area contributed by atoms with Gasteiger partial charge in [-0.15, -0.1) is 0 Å². The Labute approximate surface area is 89.7 Å². The first kappa shape index (κ1) is 14.7. The number of amides is 1. The number of carboxylic acids is 1. The molecule has 0 rings (SSSR count). The van der Waals surface area contributed by atoms with Crippen LogP contribution in [0.25, 0.3) is 0 Å². The van der Waals surface area contributed by atoms with E-state index in [-0.39, 0.29) is 0 Å². The van der Waals surface area contributed by atoms with Crippen LogP contribution in [0.4, 0.5) is 8.78 Å². The lowest BCUT2D eigenvalue weighted by Gasteiger charge is -2.13. The van der Waals surface area contributed by atoms with Crippen molar-refractivity contribution in [2.45, 2.75) is 24.6 Å². The summed E-state index contributed by atoms with van der Waals surface area (Å²) in [7, 11) is -5.01. The molecule has 0 bridgehead atoms. The van der Waals surface area contributed by atoms with Gasteiger partial charge in [-0.2, -0.15) is 13.5 Å². The SMILES string of the molecule is NC(=O)CCC(NS(=O)(=O)C(F)F)C(=O)O. The van der Waals surface area contributed by atoms with E-state index in [1.807, 2.05) is 0 Å². The minimum Gasteiger partial charge on any atom is -0.480 e. The molecule has 1 atom stereocenters. The number of alkyl halides is 2. The number of nitrogens with one attached hydrogen (secondary N) is 1. The van der Waals surface area contributed by atoms with Crippen LogP contribution in [0.3, 0.4) is 0 Å². The number of carboxylic acid groups (broad SMARTS) is 1. The Bertz CT molecular complexity index is 369. The van der Waals surface area contributed by atoms with Crippen LogP contribution in [0.1, 0.15) is 12.8 Å². The molecule has 0 aliphatic carbocycles. The third kappa shape index (κ3) is 4.98. The summed E-state index contributed by atoms with van der Waals surface area (Å²) in [5, 5.41) is 8.51. The number of sulfonamides is 1. The van der Waals surface area contributed by atoms with Gasteiger partial charge in [0.15, 0.2) is 0 Å². The van der Waals surface area contributed by atoms with Gasteiger partial charge >= 0.3 is 11.7 Å². The zero-order valence-corrected chi connectivity index (χ0v) is 8.71. The maximum absolute atomic E-state index is 11.9. The first-order chi connectivity index (χ1) is 7.16. The maximum atomic E-state index is 11.9. The van der Waals surface area contributed by atoms with Crippen molar-refractivity contribution in [1.29, 1.82) is 0 Å². The molecule has 0 saturated heterocycles. The Hall–Kier alpha value is -1.29. The lowest BCUT2D eigenvalue weighted by atomic mass is 10.2. The van der Waals surface area contributed by atoms with E-state index < -0.39 is 46.5 Å². The molecule has 0 aromatic rings. The second-order valence-corrected chi connectivity index (χ2v) is 4.50. The normalized spacial score (nSPS) is 13.7. The van der Waals surface area contributed by atoms with Gasteiger partial charge in [-0.1, -0.05) is 0 Å². The molecule has 0 saturated carbocycles. The Morgan fingerprint density at radius 3 is 2.19 bits per heavy atom. The molecule has 0 heterocycles. The fourth-order valence-electron chi connectivity index (χ4n) is 0.769. The predicted molar refractivity (Wildman–Crippen MR) is 47.9 cm³/mol. The number of nitrogens with two attached hydrogens (primary N) is 1. The van der Waals surface area contributed by atoms with Crippen LogP contribution >= 0.6 is 0 Å². The number of primary amides is 1. The fourth-order valence-corrected chi connectivity index (χ4v) is 1.49. The molecule has 7 nitrogen and oxygen atoms in total. The third-order valence-electron chi connectivity index (χ3n) is 1.52. The highest BCUT2D eigenvalue weighted by molar-refractivity contribution is 7.89. The number of carbonyl (C=O) groups is 2. The van der Waals surface area contributed by atoms with Gasteiger partial charge in [0.05, 0.1) is 0 Å². The average molecular weight is 260 g/mol. The van der Waals surface area contributed by atoms with E-state index in [9.17, 15) is 26.8 Å². The van der Waals surface area contributed by atoms with Crippen LogP contribution in [0, 0.1) is 0 Å². The standard InChI is InChI=1S/C6H10F2N2O5S/c7-6(8)16(14,15)10-3(5(12)13)1-2-4(9)11/h3,6,10H,1-2H2,(H2,9,11)(H,12,13). The molecule has 0 aromatic carbocycles. The number of rotatable bonds is 7. The molecule has 1 unspecified atom stereocenters. The first-order valence-corrected chi connectivity index (χ1v) is 5.52.